The molecule has 0 radical (unpaired) electrons. The fourth-order valence-corrected chi connectivity index (χ4v) is 2.05. The summed E-state index contributed by atoms with van der Waals surface area (Å²) in [5, 5.41) is 8.33. The van der Waals surface area contributed by atoms with Crippen LogP contribution in [0.2, 0.25) is 0 Å². The first kappa shape index (κ1) is 29.5. The second-order valence-corrected chi connectivity index (χ2v) is 6.46. The maximum Gasteiger partial charge on any atom is 0.453 e. The number of unbranched alkanes of at least 4 members (excludes halogenated alkanes) is 7. The highest BCUT2D eigenvalue weighted by atomic mass is 19.4. The summed E-state index contributed by atoms with van der Waals surface area (Å²) in [6.45, 7) is 1.89. The molecule has 0 fully saturated rings. The largest absolute Gasteiger partial charge is 0.453 e. The van der Waals surface area contributed by atoms with Crippen molar-refractivity contribution in [3.63, 3.8) is 0 Å². The summed E-state index contributed by atoms with van der Waals surface area (Å²) < 4.78 is 119. The Morgan fingerprint density at radius 3 is 1.11 bits per heavy atom. The number of halogens is 10. The lowest BCUT2D eigenvalue weighted by Gasteiger charge is -2.19. The van der Waals surface area contributed by atoms with Crippen LogP contribution in [0, 0.1) is 0 Å². The van der Waals surface area contributed by atoms with Crippen molar-refractivity contribution in [1.82, 2.24) is 0 Å². The van der Waals surface area contributed by atoms with E-state index in [0.29, 0.717) is 19.3 Å². The Bertz CT molecular complexity index is 341. The van der Waals surface area contributed by atoms with E-state index in [2.05, 4.69) is 0 Å². The van der Waals surface area contributed by atoms with Crippen LogP contribution in [0.3, 0.4) is 0 Å². The van der Waals surface area contributed by atoms with Gasteiger partial charge in [-0.1, -0.05) is 45.4 Å². The molecule has 0 heterocycles. The fraction of sp³-hybridized carbons (Fsp3) is 1.00. The second-order valence-electron chi connectivity index (χ2n) is 6.46. The monoisotopic (exact) mass is 438 g/mol. The predicted octanol–water partition coefficient (Wildman–Crippen LogP) is 7.67. The minimum atomic E-state index is -5.44. The van der Waals surface area contributed by atoms with Crippen molar-refractivity contribution < 1.29 is 49.0 Å². The summed E-state index contributed by atoms with van der Waals surface area (Å²) >= 11 is 0. The molecular weight excluding hydrogens is 410 g/mol. The van der Waals surface area contributed by atoms with Crippen LogP contribution in [0.15, 0.2) is 0 Å². The number of rotatable bonds is 12. The van der Waals surface area contributed by atoms with Crippen molar-refractivity contribution >= 4 is 0 Å². The van der Waals surface area contributed by atoms with E-state index < -0.39 is 37.0 Å². The topological polar surface area (TPSA) is 20.2 Å². The molecule has 11 heteroatoms. The highest BCUT2D eigenvalue weighted by molar-refractivity contribution is 4.75. The number of aliphatic hydroxyl groups excluding tert-OH is 1. The smallest absolute Gasteiger partial charge is 0.396 e. The van der Waals surface area contributed by atoms with Crippen LogP contribution in [-0.2, 0) is 0 Å². The zero-order valence-corrected chi connectivity index (χ0v) is 15.7. The molecule has 0 aromatic rings. The van der Waals surface area contributed by atoms with Gasteiger partial charge in [-0.15, -0.1) is 0 Å². The van der Waals surface area contributed by atoms with Crippen LogP contribution in [0.1, 0.15) is 77.6 Å². The van der Waals surface area contributed by atoms with Gasteiger partial charge in [0.25, 0.3) is 0 Å². The first-order valence-corrected chi connectivity index (χ1v) is 9.12. The first-order valence-electron chi connectivity index (χ1n) is 9.12. The first-order chi connectivity index (χ1) is 12.6. The molecule has 0 unspecified atom stereocenters. The summed E-state index contributed by atoms with van der Waals surface area (Å²) in [6, 6.07) is 0. The molecule has 1 N–H and O–H groups in total. The lowest BCUT2D eigenvalue weighted by atomic mass is 10.1. The molecule has 1 nitrogen and oxygen atoms in total. The Morgan fingerprint density at radius 2 is 0.821 bits per heavy atom. The highest BCUT2D eigenvalue weighted by Gasteiger charge is 2.57. The van der Waals surface area contributed by atoms with Gasteiger partial charge in [-0.3, -0.25) is 0 Å². The maximum atomic E-state index is 12.3. The summed E-state index contributed by atoms with van der Waals surface area (Å²) in [5.41, 5.74) is 0. The van der Waals surface area contributed by atoms with E-state index >= 15 is 0 Å². The van der Waals surface area contributed by atoms with Gasteiger partial charge < -0.3 is 5.11 Å². The van der Waals surface area contributed by atoms with E-state index in [1.165, 1.54) is 0 Å². The van der Waals surface area contributed by atoms with Crippen LogP contribution < -0.4 is 0 Å². The number of hydrogen-bond donors (Lipinski definition) is 1. The molecule has 0 saturated carbocycles. The van der Waals surface area contributed by atoms with Crippen molar-refractivity contribution in [2.75, 3.05) is 6.61 Å². The zero-order chi connectivity index (χ0) is 22.5. The molecule has 0 aromatic carbocycles. The van der Waals surface area contributed by atoms with Gasteiger partial charge in [0, 0.05) is 19.4 Å². The van der Waals surface area contributed by atoms with Crippen molar-refractivity contribution in [2.45, 2.75) is 102 Å². The maximum absolute atomic E-state index is 12.3. The van der Waals surface area contributed by atoms with Crippen LogP contribution >= 0.6 is 0 Å². The van der Waals surface area contributed by atoms with Gasteiger partial charge in [-0.2, -0.15) is 43.9 Å². The molecule has 0 rings (SSSR count). The lowest BCUT2D eigenvalue weighted by Crippen LogP contribution is -2.36. The Labute approximate surface area is 158 Å². The SMILES string of the molecule is CCCCCCCC(F)(F)C(F)(F)F.OCCCCCCC(F)(F)C(F)(F)F. The van der Waals surface area contributed by atoms with Crippen LogP contribution in [-0.4, -0.2) is 35.9 Å². The Kier molecular flexibility index (Phi) is 14.2. The third-order valence-electron chi connectivity index (χ3n) is 3.82. The Hall–Kier alpha value is -0.740. The van der Waals surface area contributed by atoms with E-state index in [-0.39, 0.29) is 25.9 Å². The van der Waals surface area contributed by atoms with E-state index in [9.17, 15) is 43.9 Å². The molecule has 172 valence electrons. The van der Waals surface area contributed by atoms with Crippen LogP contribution in [0.25, 0.3) is 0 Å². The molecule has 0 spiro atoms. The summed E-state index contributed by atoms with van der Waals surface area (Å²) in [6.07, 6.45) is -9.12. The molecular formula is C17H28F10O. The minimum Gasteiger partial charge on any atom is -0.396 e. The van der Waals surface area contributed by atoms with E-state index in [1.54, 1.807) is 0 Å². The quantitative estimate of drug-likeness (QED) is 0.245. The van der Waals surface area contributed by atoms with E-state index in [0.717, 1.165) is 19.3 Å². The summed E-state index contributed by atoms with van der Waals surface area (Å²) in [7, 11) is 0. The average Bonchev–Trinajstić information content (AvgIpc) is 2.53. The molecule has 0 aromatic heterocycles. The molecule has 0 bridgehead atoms. The van der Waals surface area contributed by atoms with Crippen molar-refractivity contribution in [3.8, 4) is 0 Å². The molecule has 0 aliphatic carbocycles. The molecule has 0 saturated heterocycles. The highest BCUT2D eigenvalue weighted by Crippen LogP contribution is 2.40. The average molecular weight is 438 g/mol. The van der Waals surface area contributed by atoms with E-state index in [4.69, 9.17) is 5.11 Å². The normalized spacial score (nSPS) is 13.3. The number of hydrogen-bond acceptors (Lipinski definition) is 1. The van der Waals surface area contributed by atoms with Gasteiger partial charge in [0.2, 0.25) is 0 Å². The van der Waals surface area contributed by atoms with Gasteiger partial charge in [0.1, 0.15) is 0 Å². The van der Waals surface area contributed by atoms with Gasteiger partial charge in [0.15, 0.2) is 0 Å². The molecule has 0 aliphatic heterocycles. The fourth-order valence-electron chi connectivity index (χ4n) is 2.05. The van der Waals surface area contributed by atoms with Crippen molar-refractivity contribution in [3.05, 3.63) is 0 Å². The molecule has 0 atom stereocenters. The number of aliphatic hydroxyl groups is 1. The van der Waals surface area contributed by atoms with Crippen LogP contribution in [0.4, 0.5) is 43.9 Å². The third-order valence-corrected chi connectivity index (χ3v) is 3.82. The zero-order valence-electron chi connectivity index (χ0n) is 15.7. The second kappa shape index (κ2) is 13.5. The summed E-state index contributed by atoms with van der Waals surface area (Å²) in [5.74, 6) is -9.09. The Balaban J connectivity index is 0. The summed E-state index contributed by atoms with van der Waals surface area (Å²) in [4.78, 5) is 0. The van der Waals surface area contributed by atoms with Gasteiger partial charge in [-0.25, -0.2) is 0 Å². The standard InChI is InChI=1S/C9H15F5.C8H13F5O/c1-2-3-4-5-6-7-8(10,11)9(12,13)14;9-7(10,8(11,12)13)5-3-1-2-4-6-14/h2-7H2,1H3;14H,1-6H2. The van der Waals surface area contributed by atoms with Crippen LogP contribution in [0.5, 0.6) is 0 Å². The van der Waals surface area contributed by atoms with Gasteiger partial charge in [-0.05, 0) is 19.3 Å². The van der Waals surface area contributed by atoms with Gasteiger partial charge in [0.05, 0.1) is 0 Å². The molecule has 28 heavy (non-hydrogen) atoms. The molecule has 0 aliphatic rings. The molecule has 0 amide bonds. The number of alkyl halides is 10. The van der Waals surface area contributed by atoms with Crippen molar-refractivity contribution in [2.24, 2.45) is 0 Å². The van der Waals surface area contributed by atoms with Gasteiger partial charge >= 0.3 is 24.2 Å². The predicted molar refractivity (Wildman–Crippen MR) is 85.6 cm³/mol. The third kappa shape index (κ3) is 13.4. The lowest BCUT2D eigenvalue weighted by molar-refractivity contribution is -0.284. The van der Waals surface area contributed by atoms with E-state index in [1.807, 2.05) is 6.92 Å². The Morgan fingerprint density at radius 1 is 0.500 bits per heavy atom. The minimum absolute atomic E-state index is 0.0599. The van der Waals surface area contributed by atoms with Crippen molar-refractivity contribution in [1.29, 1.82) is 0 Å².